The molecule has 4 heteroatoms. The first-order valence-electron chi connectivity index (χ1n) is 19.5. The van der Waals surface area contributed by atoms with E-state index in [0.29, 0.717) is 23.0 Å². The zero-order chi connectivity index (χ0) is 39.0. The molecule has 0 spiro atoms. The maximum absolute atomic E-state index is 10.1. The predicted molar refractivity (Wildman–Crippen MR) is 238 cm³/mol. The van der Waals surface area contributed by atoms with Crippen LogP contribution < -0.4 is 9.47 Å². The van der Waals surface area contributed by atoms with Crippen LogP contribution in [0.4, 0.5) is 0 Å². The van der Waals surface area contributed by atoms with Gasteiger partial charge in [0.05, 0.1) is 13.2 Å². The summed E-state index contributed by atoms with van der Waals surface area (Å²) in [5, 5.41) is 28.6. The van der Waals surface area contributed by atoms with Crippen molar-refractivity contribution in [2.24, 2.45) is 0 Å². The summed E-state index contributed by atoms with van der Waals surface area (Å²) in [5.41, 5.74) is 7.80. The normalized spacial score (nSPS) is 11.4. The second-order valence-electron chi connectivity index (χ2n) is 14.6. The minimum atomic E-state index is -0.0397. The molecule has 0 radical (unpaired) electrons. The Morgan fingerprint density at radius 2 is 0.724 bits per heavy atom. The highest BCUT2D eigenvalue weighted by molar-refractivity contribution is 6.10. The highest BCUT2D eigenvalue weighted by Gasteiger charge is 2.21. The fourth-order valence-electron chi connectivity index (χ4n) is 8.26. The molecule has 0 aliphatic heterocycles. The molecule has 0 bridgehead atoms. The number of benzene rings is 10. The Labute approximate surface area is 336 Å². The molecule has 58 heavy (non-hydrogen) atoms. The minimum absolute atomic E-state index is 0.0397. The van der Waals surface area contributed by atoms with Gasteiger partial charge >= 0.3 is 0 Å². The third-order valence-corrected chi connectivity index (χ3v) is 11.0. The molecule has 0 unspecified atom stereocenters. The average Bonchev–Trinajstić information content (AvgIpc) is 3.29. The summed E-state index contributed by atoms with van der Waals surface area (Å²) >= 11 is 0. The van der Waals surface area contributed by atoms with Crippen LogP contribution in [0.15, 0.2) is 194 Å². The summed E-state index contributed by atoms with van der Waals surface area (Å²) in [6.07, 6.45) is 0. The zero-order valence-corrected chi connectivity index (χ0v) is 31.6. The third kappa shape index (κ3) is 6.50. The van der Waals surface area contributed by atoms with Crippen LogP contribution >= 0.6 is 0 Å². The van der Waals surface area contributed by atoms with Crippen LogP contribution in [0.3, 0.4) is 0 Å². The van der Waals surface area contributed by atoms with Gasteiger partial charge in [-0.15, -0.1) is 0 Å². The molecule has 4 nitrogen and oxygen atoms in total. The Balaban J connectivity index is 1.15. The molecule has 0 saturated heterocycles. The lowest BCUT2D eigenvalue weighted by molar-refractivity contribution is 0.282. The van der Waals surface area contributed by atoms with Gasteiger partial charge in [0.25, 0.3) is 0 Å². The lowest BCUT2D eigenvalue weighted by Gasteiger charge is -2.20. The quantitative estimate of drug-likeness (QED) is 0.154. The molecule has 0 aliphatic carbocycles. The second kappa shape index (κ2) is 15.0. The minimum Gasteiger partial charge on any atom is -0.457 e. The van der Waals surface area contributed by atoms with Crippen LogP contribution in [0.25, 0.3) is 76.5 Å². The highest BCUT2D eigenvalue weighted by atomic mass is 16.5. The van der Waals surface area contributed by atoms with Gasteiger partial charge in [0.1, 0.15) is 23.0 Å². The Bertz CT molecular complexity index is 2920. The van der Waals surface area contributed by atoms with Crippen molar-refractivity contribution >= 4 is 43.1 Å². The number of hydrogen-bond donors (Lipinski definition) is 2. The van der Waals surface area contributed by atoms with Crippen molar-refractivity contribution in [2.45, 2.75) is 13.2 Å². The molecular weight excluding hydrogens is 713 g/mol. The summed E-state index contributed by atoms with van der Waals surface area (Å²) in [4.78, 5) is 0. The smallest absolute Gasteiger partial charge is 0.136 e. The Morgan fingerprint density at radius 3 is 1.16 bits per heavy atom. The molecule has 0 atom stereocenters. The van der Waals surface area contributed by atoms with Crippen LogP contribution in [-0.4, -0.2) is 10.2 Å². The maximum Gasteiger partial charge on any atom is 0.136 e. The van der Waals surface area contributed by atoms with Crippen molar-refractivity contribution in [1.29, 1.82) is 0 Å². The number of aliphatic hydroxyl groups excluding tert-OH is 2. The molecule has 10 aromatic rings. The monoisotopic (exact) mass is 750 g/mol. The topological polar surface area (TPSA) is 58.9 Å². The SMILES string of the molecule is OCc1cc(-c2ccccc2)c2cc(Oc3ccc4ccccc4c3-c3c(Oc4ccc5cc(CO)cc(-c6ccccc6)c5c4)ccc4ccccc34)ccc2c1. The second-order valence-corrected chi connectivity index (χ2v) is 14.6. The van der Waals surface area contributed by atoms with Crippen LogP contribution in [-0.2, 0) is 13.2 Å². The van der Waals surface area contributed by atoms with Crippen LogP contribution in [0, 0.1) is 0 Å². The van der Waals surface area contributed by atoms with Crippen molar-refractivity contribution in [3.8, 4) is 56.4 Å². The maximum atomic E-state index is 10.1. The first-order valence-corrected chi connectivity index (χ1v) is 19.5. The number of hydrogen-bond acceptors (Lipinski definition) is 4. The van der Waals surface area contributed by atoms with E-state index in [1.165, 1.54) is 0 Å². The van der Waals surface area contributed by atoms with Gasteiger partial charge in [0.15, 0.2) is 0 Å². The van der Waals surface area contributed by atoms with E-state index in [-0.39, 0.29) is 13.2 Å². The molecule has 0 heterocycles. The van der Waals surface area contributed by atoms with Crippen molar-refractivity contribution in [3.63, 3.8) is 0 Å². The number of rotatable bonds is 9. The molecule has 10 aromatic carbocycles. The third-order valence-electron chi connectivity index (χ3n) is 11.0. The molecule has 10 rings (SSSR count). The van der Waals surface area contributed by atoms with E-state index in [9.17, 15) is 10.2 Å². The van der Waals surface area contributed by atoms with Crippen molar-refractivity contribution in [1.82, 2.24) is 0 Å². The lowest BCUT2D eigenvalue weighted by Crippen LogP contribution is -1.96. The van der Waals surface area contributed by atoms with E-state index < -0.39 is 0 Å². The molecule has 0 fully saturated rings. The van der Waals surface area contributed by atoms with Crippen LogP contribution in [0.2, 0.25) is 0 Å². The lowest BCUT2D eigenvalue weighted by atomic mass is 9.92. The molecule has 0 aliphatic rings. The van der Waals surface area contributed by atoms with Gasteiger partial charge in [-0.3, -0.25) is 0 Å². The number of fused-ring (bicyclic) bond motifs is 4. The van der Waals surface area contributed by atoms with Crippen molar-refractivity contribution in [2.75, 3.05) is 0 Å². The van der Waals surface area contributed by atoms with Gasteiger partial charge in [-0.1, -0.05) is 133 Å². The number of aliphatic hydroxyl groups is 2. The standard InChI is InChI=1S/C54H38O4/c55-33-35-27-41-19-23-43(31-49(41)47(29-35)37-11-3-1-4-12-37)57-51-25-21-39-15-7-9-17-45(39)53(51)54-46-18-10-8-16-40(46)22-26-52(54)58-44-24-20-42-28-36(34-56)30-48(50(42)32-44)38-13-5-2-6-14-38/h1-32,55-56H,33-34H2. The average molecular weight is 751 g/mol. The molecule has 0 saturated carbocycles. The van der Waals surface area contributed by atoms with Gasteiger partial charge in [-0.2, -0.15) is 0 Å². The summed E-state index contributed by atoms with van der Waals surface area (Å²) in [5.74, 6) is 2.81. The van der Waals surface area contributed by atoms with E-state index in [4.69, 9.17) is 9.47 Å². The Morgan fingerprint density at radius 1 is 0.328 bits per heavy atom. The summed E-state index contributed by atoms with van der Waals surface area (Å²) in [6, 6.07) is 66.2. The first kappa shape index (κ1) is 35.2. The van der Waals surface area contributed by atoms with E-state index in [1.807, 2.05) is 60.7 Å². The zero-order valence-electron chi connectivity index (χ0n) is 31.6. The van der Waals surface area contributed by atoms with E-state index in [2.05, 4.69) is 133 Å². The molecular formula is C54H38O4. The summed E-state index contributed by atoms with van der Waals surface area (Å²) in [6.45, 7) is -0.0795. The van der Waals surface area contributed by atoms with Crippen LogP contribution in [0.1, 0.15) is 11.1 Å². The molecule has 0 amide bonds. The molecule has 0 aromatic heterocycles. The Hall–Kier alpha value is -7.24. The highest BCUT2D eigenvalue weighted by Crippen LogP contribution is 2.48. The van der Waals surface area contributed by atoms with E-state index >= 15 is 0 Å². The fourth-order valence-corrected chi connectivity index (χ4v) is 8.26. The van der Waals surface area contributed by atoms with Crippen LogP contribution in [0.5, 0.6) is 23.0 Å². The van der Waals surface area contributed by atoms with Gasteiger partial charge in [-0.25, -0.2) is 0 Å². The largest absolute Gasteiger partial charge is 0.457 e. The molecule has 2 N–H and O–H groups in total. The summed E-state index contributed by atoms with van der Waals surface area (Å²) < 4.78 is 14.0. The van der Waals surface area contributed by atoms with E-state index in [0.717, 1.165) is 87.6 Å². The van der Waals surface area contributed by atoms with Crippen molar-refractivity contribution in [3.05, 3.63) is 205 Å². The molecule has 278 valence electrons. The summed E-state index contributed by atoms with van der Waals surface area (Å²) in [7, 11) is 0. The van der Waals surface area contributed by atoms with Gasteiger partial charge in [0, 0.05) is 11.1 Å². The first-order chi connectivity index (χ1) is 28.6. The van der Waals surface area contributed by atoms with Gasteiger partial charge < -0.3 is 19.7 Å². The Kier molecular flexibility index (Phi) is 9.11. The number of ether oxygens (including phenoxy) is 2. The predicted octanol–water partition coefficient (Wildman–Crippen LogP) is 13.9. The van der Waals surface area contributed by atoms with E-state index in [1.54, 1.807) is 0 Å². The van der Waals surface area contributed by atoms with Gasteiger partial charge in [-0.05, 0) is 137 Å². The van der Waals surface area contributed by atoms with Crippen molar-refractivity contribution < 1.29 is 19.7 Å². The van der Waals surface area contributed by atoms with Gasteiger partial charge in [0.2, 0.25) is 0 Å². The fraction of sp³-hybridized carbons (Fsp3) is 0.0370.